The molecule has 0 unspecified atom stereocenters. The number of rotatable bonds is 6. The lowest BCUT2D eigenvalue weighted by molar-refractivity contribution is -0.119. The van der Waals surface area contributed by atoms with Crippen LogP contribution < -0.4 is 10.5 Å². The zero-order chi connectivity index (χ0) is 14.8. The molecular formula is C10H14N2O5S2. The molecule has 0 radical (unpaired) electrons. The number of amides is 1. The number of primary amides is 1. The largest absolute Gasteiger partial charge is 0.478 e. The van der Waals surface area contributed by atoms with E-state index in [2.05, 4.69) is 4.72 Å². The molecule has 0 aliphatic rings. The van der Waals surface area contributed by atoms with E-state index in [4.69, 9.17) is 10.8 Å². The van der Waals surface area contributed by atoms with E-state index in [0.717, 1.165) is 17.4 Å². The fourth-order valence-corrected chi connectivity index (χ4v) is 4.02. The Morgan fingerprint density at radius 1 is 1.47 bits per heavy atom. The van der Waals surface area contributed by atoms with Gasteiger partial charge in [-0.15, -0.1) is 11.3 Å². The molecule has 0 saturated heterocycles. The van der Waals surface area contributed by atoms with E-state index in [1.807, 2.05) is 0 Å². The van der Waals surface area contributed by atoms with Crippen LogP contribution >= 0.6 is 11.3 Å². The molecule has 0 fully saturated rings. The molecular weight excluding hydrogens is 292 g/mol. The fourth-order valence-electron chi connectivity index (χ4n) is 1.46. The molecule has 1 aromatic rings. The Hall–Kier alpha value is -1.45. The van der Waals surface area contributed by atoms with E-state index in [1.54, 1.807) is 0 Å². The summed E-state index contributed by atoms with van der Waals surface area (Å²) in [5, 5.41) is 9.98. The van der Waals surface area contributed by atoms with Crippen molar-refractivity contribution in [1.29, 1.82) is 0 Å². The standard InChI is InChI=1S/C10H14N2O5S2/c1-10(2,4-7(11)13)12-19(16,17)8-3-6(5-18-8)9(14)15/h3,5,12H,4H2,1-2H3,(H2,11,13)(H,14,15). The minimum atomic E-state index is -3.88. The van der Waals surface area contributed by atoms with Gasteiger partial charge in [0.15, 0.2) is 0 Å². The van der Waals surface area contributed by atoms with Crippen molar-refractivity contribution < 1.29 is 23.1 Å². The van der Waals surface area contributed by atoms with Crippen LogP contribution in [0, 0.1) is 0 Å². The van der Waals surface area contributed by atoms with Crippen molar-refractivity contribution >= 4 is 33.2 Å². The molecule has 1 heterocycles. The summed E-state index contributed by atoms with van der Waals surface area (Å²) in [6.45, 7) is 3.03. The number of sulfonamides is 1. The second kappa shape index (κ2) is 5.27. The summed E-state index contributed by atoms with van der Waals surface area (Å²) in [6.07, 6.45) is -0.163. The summed E-state index contributed by atoms with van der Waals surface area (Å²) >= 11 is 0.797. The second-order valence-corrected chi connectivity index (χ2v) is 7.41. The zero-order valence-electron chi connectivity index (χ0n) is 10.3. The minimum absolute atomic E-state index is 0.0990. The van der Waals surface area contributed by atoms with Crippen LogP contribution in [0.4, 0.5) is 0 Å². The Balaban J connectivity index is 2.97. The van der Waals surface area contributed by atoms with Crippen LogP contribution in [0.5, 0.6) is 0 Å². The number of nitrogens with two attached hydrogens (primary N) is 1. The van der Waals surface area contributed by atoms with E-state index >= 15 is 0 Å². The molecule has 19 heavy (non-hydrogen) atoms. The van der Waals surface area contributed by atoms with Gasteiger partial charge in [0, 0.05) is 17.3 Å². The van der Waals surface area contributed by atoms with Gasteiger partial charge in [0.25, 0.3) is 10.0 Å². The number of carboxylic acids is 1. The van der Waals surface area contributed by atoms with Crippen LogP contribution in [0.2, 0.25) is 0 Å². The summed E-state index contributed by atoms with van der Waals surface area (Å²) in [7, 11) is -3.88. The van der Waals surface area contributed by atoms with Crippen LogP contribution in [-0.2, 0) is 14.8 Å². The SMILES string of the molecule is CC(C)(CC(N)=O)NS(=O)(=O)c1cc(C(=O)O)cs1. The van der Waals surface area contributed by atoms with Crippen molar-refractivity contribution in [3.63, 3.8) is 0 Å². The predicted molar refractivity (Wildman–Crippen MR) is 69.5 cm³/mol. The number of hydrogen-bond acceptors (Lipinski definition) is 5. The first-order chi connectivity index (χ1) is 8.53. The molecule has 1 aromatic heterocycles. The van der Waals surface area contributed by atoms with Crippen LogP contribution in [0.1, 0.15) is 30.6 Å². The Kier molecular flexibility index (Phi) is 4.33. The van der Waals surface area contributed by atoms with Gasteiger partial charge in [-0.05, 0) is 19.9 Å². The Bertz CT molecular complexity index is 603. The maximum absolute atomic E-state index is 12.0. The normalized spacial score (nSPS) is 12.3. The van der Waals surface area contributed by atoms with Crippen molar-refractivity contribution in [2.75, 3.05) is 0 Å². The van der Waals surface area contributed by atoms with Crippen LogP contribution in [-0.4, -0.2) is 30.9 Å². The molecule has 1 rings (SSSR count). The topological polar surface area (TPSA) is 127 Å². The molecule has 0 aromatic carbocycles. The highest BCUT2D eigenvalue weighted by atomic mass is 32.2. The fraction of sp³-hybridized carbons (Fsp3) is 0.400. The molecule has 4 N–H and O–H groups in total. The van der Waals surface area contributed by atoms with Gasteiger partial charge in [-0.3, -0.25) is 4.79 Å². The number of thiophene rings is 1. The summed E-state index contributed by atoms with van der Waals surface area (Å²) in [6, 6.07) is 1.07. The lowest BCUT2D eigenvalue weighted by Gasteiger charge is -2.23. The maximum Gasteiger partial charge on any atom is 0.336 e. The van der Waals surface area contributed by atoms with Crippen molar-refractivity contribution in [3.8, 4) is 0 Å². The summed E-state index contributed by atoms with van der Waals surface area (Å²) in [5.41, 5.74) is 3.89. The first-order valence-electron chi connectivity index (χ1n) is 5.18. The Labute approximate surface area is 114 Å². The Morgan fingerprint density at radius 3 is 2.47 bits per heavy atom. The third-order valence-electron chi connectivity index (χ3n) is 2.11. The number of carbonyl (C=O) groups excluding carboxylic acids is 1. The van der Waals surface area contributed by atoms with Gasteiger partial charge in [-0.2, -0.15) is 0 Å². The van der Waals surface area contributed by atoms with E-state index < -0.39 is 27.4 Å². The molecule has 0 aliphatic carbocycles. The van der Waals surface area contributed by atoms with Gasteiger partial charge in [-0.25, -0.2) is 17.9 Å². The number of hydrogen-bond donors (Lipinski definition) is 3. The highest BCUT2D eigenvalue weighted by Crippen LogP contribution is 2.22. The lowest BCUT2D eigenvalue weighted by atomic mass is 10.0. The molecule has 7 nitrogen and oxygen atoms in total. The number of nitrogens with one attached hydrogen (secondary N) is 1. The van der Waals surface area contributed by atoms with Gasteiger partial charge < -0.3 is 10.8 Å². The molecule has 0 saturated carbocycles. The second-order valence-electron chi connectivity index (χ2n) is 4.59. The first-order valence-corrected chi connectivity index (χ1v) is 7.54. The average Bonchev–Trinajstić information content (AvgIpc) is 2.61. The third-order valence-corrected chi connectivity index (χ3v) is 5.25. The molecule has 0 atom stereocenters. The summed E-state index contributed by atoms with van der Waals surface area (Å²) in [5.74, 6) is -1.83. The lowest BCUT2D eigenvalue weighted by Crippen LogP contribution is -2.45. The Morgan fingerprint density at radius 2 is 2.05 bits per heavy atom. The van der Waals surface area contributed by atoms with Gasteiger partial charge in [-0.1, -0.05) is 0 Å². The van der Waals surface area contributed by atoms with Gasteiger partial charge >= 0.3 is 5.97 Å². The van der Waals surface area contributed by atoms with Gasteiger partial charge in [0.2, 0.25) is 5.91 Å². The van der Waals surface area contributed by atoms with Gasteiger partial charge in [0.1, 0.15) is 4.21 Å². The molecule has 0 aliphatic heterocycles. The molecule has 0 bridgehead atoms. The van der Waals surface area contributed by atoms with Crippen molar-refractivity contribution in [1.82, 2.24) is 4.72 Å². The number of aromatic carboxylic acids is 1. The summed E-state index contributed by atoms with van der Waals surface area (Å²) in [4.78, 5) is 21.5. The van der Waals surface area contributed by atoms with Crippen LogP contribution in [0.15, 0.2) is 15.7 Å². The highest BCUT2D eigenvalue weighted by molar-refractivity contribution is 7.91. The van der Waals surface area contributed by atoms with E-state index in [0.29, 0.717) is 0 Å². The van der Waals surface area contributed by atoms with Gasteiger partial charge in [0.05, 0.1) is 5.56 Å². The third kappa shape index (κ3) is 4.30. The molecule has 1 amide bonds. The van der Waals surface area contributed by atoms with Crippen molar-refractivity contribution in [2.24, 2.45) is 5.73 Å². The first kappa shape index (κ1) is 15.6. The monoisotopic (exact) mass is 306 g/mol. The average molecular weight is 306 g/mol. The maximum atomic E-state index is 12.0. The predicted octanol–water partition coefficient (Wildman–Crippen LogP) is 0.379. The van der Waals surface area contributed by atoms with E-state index in [9.17, 15) is 18.0 Å². The molecule has 9 heteroatoms. The van der Waals surface area contributed by atoms with Crippen molar-refractivity contribution in [3.05, 3.63) is 17.0 Å². The quantitative estimate of drug-likeness (QED) is 0.700. The minimum Gasteiger partial charge on any atom is -0.478 e. The van der Waals surface area contributed by atoms with Crippen LogP contribution in [0.25, 0.3) is 0 Å². The molecule has 106 valence electrons. The van der Waals surface area contributed by atoms with E-state index in [1.165, 1.54) is 19.2 Å². The number of carboxylic acid groups (broad SMARTS) is 1. The smallest absolute Gasteiger partial charge is 0.336 e. The van der Waals surface area contributed by atoms with E-state index in [-0.39, 0.29) is 16.2 Å². The zero-order valence-corrected chi connectivity index (χ0v) is 12.0. The highest BCUT2D eigenvalue weighted by Gasteiger charge is 2.29. The number of carbonyl (C=O) groups is 2. The van der Waals surface area contributed by atoms with Crippen LogP contribution in [0.3, 0.4) is 0 Å². The molecule has 0 spiro atoms. The summed E-state index contributed by atoms with van der Waals surface area (Å²) < 4.78 is 26.2. The van der Waals surface area contributed by atoms with Crippen molar-refractivity contribution in [2.45, 2.75) is 30.0 Å².